The van der Waals surface area contributed by atoms with Gasteiger partial charge in [-0.25, -0.2) is 4.98 Å². The number of rotatable bonds is 6. The minimum absolute atomic E-state index is 0.703. The Hall–Kier alpha value is -2.11. The van der Waals surface area contributed by atoms with Gasteiger partial charge in [0, 0.05) is 54.8 Å². The third-order valence-electron chi connectivity index (χ3n) is 3.53. The molecule has 3 rings (SSSR count). The number of hydrogen-bond acceptors (Lipinski definition) is 4. The van der Waals surface area contributed by atoms with E-state index in [0.29, 0.717) is 5.02 Å². The molecule has 0 fully saturated rings. The van der Waals surface area contributed by atoms with E-state index in [-0.39, 0.29) is 0 Å². The Labute approximate surface area is 134 Å². The van der Waals surface area contributed by atoms with Crippen LogP contribution in [0.15, 0.2) is 42.9 Å². The Morgan fingerprint density at radius 3 is 2.86 bits per heavy atom. The zero-order chi connectivity index (χ0) is 15.4. The van der Waals surface area contributed by atoms with Gasteiger partial charge in [-0.3, -0.25) is 4.98 Å². The van der Waals surface area contributed by atoms with Gasteiger partial charge in [0.1, 0.15) is 5.82 Å². The molecule has 0 spiro atoms. The molecule has 0 amide bonds. The average Bonchev–Trinajstić information content (AvgIpc) is 2.92. The van der Waals surface area contributed by atoms with Crippen molar-refractivity contribution < 1.29 is 0 Å². The number of hydrogen-bond donors (Lipinski definition) is 2. The van der Waals surface area contributed by atoms with E-state index < -0.39 is 0 Å². The molecular weight excluding hydrogens is 298 g/mol. The first-order valence-corrected chi connectivity index (χ1v) is 7.57. The molecule has 6 heteroatoms. The number of benzene rings is 1. The van der Waals surface area contributed by atoms with Crippen molar-refractivity contribution in [1.82, 2.24) is 19.9 Å². The molecule has 0 aliphatic rings. The van der Waals surface area contributed by atoms with Gasteiger partial charge >= 0.3 is 0 Å². The number of aryl methyl sites for hydroxylation is 1. The Kier molecular flexibility index (Phi) is 4.56. The fourth-order valence-corrected chi connectivity index (χ4v) is 2.49. The molecule has 0 atom stereocenters. The lowest BCUT2D eigenvalue weighted by atomic mass is 10.2. The summed E-state index contributed by atoms with van der Waals surface area (Å²) in [5, 5.41) is 8.58. The van der Waals surface area contributed by atoms with E-state index in [0.717, 1.165) is 42.0 Å². The molecule has 0 aliphatic heterocycles. The van der Waals surface area contributed by atoms with Crippen molar-refractivity contribution in [2.24, 2.45) is 7.05 Å². The summed E-state index contributed by atoms with van der Waals surface area (Å²) >= 11 is 6.00. The van der Waals surface area contributed by atoms with Crippen molar-refractivity contribution in [3.63, 3.8) is 0 Å². The molecular formula is C16H18ClN5. The number of nitrogens with zero attached hydrogens (tertiary/aromatic N) is 3. The van der Waals surface area contributed by atoms with Crippen molar-refractivity contribution in [1.29, 1.82) is 0 Å². The molecule has 114 valence electrons. The van der Waals surface area contributed by atoms with Crippen LogP contribution < -0.4 is 10.6 Å². The third kappa shape index (κ3) is 3.37. The Morgan fingerprint density at radius 2 is 2.05 bits per heavy atom. The van der Waals surface area contributed by atoms with Crippen LogP contribution >= 0.6 is 11.6 Å². The summed E-state index contributed by atoms with van der Waals surface area (Å²) in [6.07, 6.45) is 5.55. The van der Waals surface area contributed by atoms with E-state index >= 15 is 0 Å². The highest BCUT2D eigenvalue weighted by Crippen LogP contribution is 2.23. The zero-order valence-corrected chi connectivity index (χ0v) is 13.1. The van der Waals surface area contributed by atoms with Gasteiger partial charge in [-0.15, -0.1) is 0 Å². The highest BCUT2D eigenvalue weighted by Gasteiger charge is 2.02. The van der Waals surface area contributed by atoms with Gasteiger partial charge < -0.3 is 15.2 Å². The van der Waals surface area contributed by atoms with Crippen LogP contribution in [0.3, 0.4) is 0 Å². The minimum atomic E-state index is 0.703. The van der Waals surface area contributed by atoms with Crippen molar-refractivity contribution >= 4 is 28.2 Å². The number of pyridine rings is 1. The summed E-state index contributed by atoms with van der Waals surface area (Å²) in [5.41, 5.74) is 1.97. The summed E-state index contributed by atoms with van der Waals surface area (Å²) in [6.45, 7) is 2.44. The smallest absolute Gasteiger partial charge is 0.122 e. The van der Waals surface area contributed by atoms with E-state index in [1.165, 1.54) is 0 Å². The van der Waals surface area contributed by atoms with Crippen LogP contribution in [0.1, 0.15) is 5.82 Å². The topological polar surface area (TPSA) is 54.8 Å². The van der Waals surface area contributed by atoms with Gasteiger partial charge in [0.2, 0.25) is 0 Å². The van der Waals surface area contributed by atoms with Crippen molar-refractivity contribution in [3.05, 3.63) is 53.7 Å². The largest absolute Gasteiger partial charge is 0.383 e. The fourth-order valence-electron chi connectivity index (χ4n) is 2.33. The molecule has 0 radical (unpaired) electrons. The molecule has 22 heavy (non-hydrogen) atoms. The monoisotopic (exact) mass is 315 g/mol. The maximum Gasteiger partial charge on any atom is 0.122 e. The molecule has 0 saturated carbocycles. The minimum Gasteiger partial charge on any atom is -0.383 e. The van der Waals surface area contributed by atoms with Gasteiger partial charge in [0.05, 0.1) is 12.1 Å². The van der Waals surface area contributed by atoms with E-state index in [9.17, 15) is 0 Å². The highest BCUT2D eigenvalue weighted by molar-refractivity contribution is 6.31. The van der Waals surface area contributed by atoms with E-state index in [4.69, 9.17) is 11.6 Å². The lowest BCUT2D eigenvalue weighted by Crippen LogP contribution is -2.23. The third-order valence-corrected chi connectivity index (χ3v) is 3.76. The summed E-state index contributed by atoms with van der Waals surface area (Å²) in [7, 11) is 2.00. The second kappa shape index (κ2) is 6.77. The first-order valence-electron chi connectivity index (χ1n) is 7.19. The van der Waals surface area contributed by atoms with Crippen molar-refractivity contribution in [2.45, 2.75) is 6.54 Å². The molecule has 2 heterocycles. The van der Waals surface area contributed by atoms with Crippen LogP contribution in [-0.4, -0.2) is 27.6 Å². The molecule has 1 aromatic carbocycles. The van der Waals surface area contributed by atoms with Crippen molar-refractivity contribution in [3.8, 4) is 0 Å². The molecule has 2 aromatic heterocycles. The molecule has 3 aromatic rings. The second-order valence-corrected chi connectivity index (χ2v) is 5.51. The highest BCUT2D eigenvalue weighted by atomic mass is 35.5. The van der Waals surface area contributed by atoms with Gasteiger partial charge in [-0.2, -0.15) is 0 Å². The molecule has 2 N–H and O–H groups in total. The van der Waals surface area contributed by atoms with Crippen LogP contribution in [0.25, 0.3) is 10.9 Å². The van der Waals surface area contributed by atoms with E-state index in [2.05, 4.69) is 20.6 Å². The first kappa shape index (κ1) is 14.8. The molecule has 0 aliphatic carbocycles. The molecule has 0 bridgehead atoms. The Balaban J connectivity index is 1.55. The Morgan fingerprint density at radius 1 is 1.14 bits per heavy atom. The maximum atomic E-state index is 6.00. The van der Waals surface area contributed by atoms with Crippen LogP contribution in [-0.2, 0) is 13.6 Å². The van der Waals surface area contributed by atoms with E-state index in [1.54, 1.807) is 6.20 Å². The number of aromatic nitrogens is 3. The SMILES string of the molecule is Cn1ccnc1CNCCNc1ccnc2cc(Cl)ccc12. The number of nitrogens with one attached hydrogen (secondary N) is 2. The van der Waals surface area contributed by atoms with Crippen LogP contribution in [0.5, 0.6) is 0 Å². The standard InChI is InChI=1S/C16H18ClN5/c1-22-9-8-21-16(22)11-18-6-7-20-14-4-5-19-15-10-12(17)2-3-13(14)15/h2-5,8-10,18H,6-7,11H2,1H3,(H,19,20). The van der Waals surface area contributed by atoms with Gasteiger partial charge in [0.15, 0.2) is 0 Å². The lowest BCUT2D eigenvalue weighted by Gasteiger charge is -2.10. The van der Waals surface area contributed by atoms with Crippen LogP contribution in [0.4, 0.5) is 5.69 Å². The van der Waals surface area contributed by atoms with Gasteiger partial charge in [-0.05, 0) is 24.3 Å². The lowest BCUT2D eigenvalue weighted by molar-refractivity contribution is 0.650. The van der Waals surface area contributed by atoms with Crippen LogP contribution in [0, 0.1) is 0 Å². The van der Waals surface area contributed by atoms with Crippen LogP contribution in [0.2, 0.25) is 5.02 Å². The molecule has 0 unspecified atom stereocenters. The van der Waals surface area contributed by atoms with Gasteiger partial charge in [0.25, 0.3) is 0 Å². The summed E-state index contributed by atoms with van der Waals surface area (Å²) in [5.74, 6) is 1.03. The quantitative estimate of drug-likeness (QED) is 0.687. The first-order chi connectivity index (χ1) is 10.7. The number of halogens is 1. The predicted molar refractivity (Wildman–Crippen MR) is 90.2 cm³/mol. The summed E-state index contributed by atoms with van der Waals surface area (Å²) < 4.78 is 2.01. The second-order valence-electron chi connectivity index (χ2n) is 5.08. The summed E-state index contributed by atoms with van der Waals surface area (Å²) in [4.78, 5) is 8.62. The predicted octanol–water partition coefficient (Wildman–Crippen LogP) is 2.82. The maximum absolute atomic E-state index is 6.00. The van der Waals surface area contributed by atoms with Crippen molar-refractivity contribution in [2.75, 3.05) is 18.4 Å². The van der Waals surface area contributed by atoms with Gasteiger partial charge in [-0.1, -0.05) is 11.6 Å². The molecule has 0 saturated heterocycles. The zero-order valence-electron chi connectivity index (χ0n) is 12.4. The number of imidazole rings is 1. The van der Waals surface area contributed by atoms with E-state index in [1.807, 2.05) is 48.3 Å². The Bertz CT molecular complexity index is 768. The average molecular weight is 316 g/mol. The molecule has 5 nitrogen and oxygen atoms in total. The number of fused-ring (bicyclic) bond motifs is 1. The number of anilines is 1. The normalized spacial score (nSPS) is 11.0. The summed E-state index contributed by atoms with van der Waals surface area (Å²) in [6, 6.07) is 7.74. The fraction of sp³-hybridized carbons (Fsp3) is 0.250.